The molecule has 2 aliphatic carbocycles. The van der Waals surface area contributed by atoms with Crippen LogP contribution in [0.5, 0.6) is 11.5 Å². The zero-order valence-electron chi connectivity index (χ0n) is 84.4. The molecule has 0 amide bonds. The molecule has 0 atom stereocenters. The third kappa shape index (κ3) is 11.1. The molecule has 0 N–H and O–H groups in total. The maximum atomic E-state index is 10.8. The summed E-state index contributed by atoms with van der Waals surface area (Å²) in [5.74, 6) is 1.35. The fraction of sp³-hybridized carbons (Fsp3) is 0.312. The van der Waals surface area contributed by atoms with Crippen LogP contribution in [0.1, 0.15) is 227 Å². The number of nitrogens with zero attached hydrogens (tertiary/aromatic N) is 4. The lowest BCUT2D eigenvalue weighted by Crippen LogP contribution is -2.34. The van der Waals surface area contributed by atoms with E-state index in [4.69, 9.17) is 17.9 Å². The number of rotatable bonds is 7. The first-order valence-corrected chi connectivity index (χ1v) is 34.7. The summed E-state index contributed by atoms with van der Waals surface area (Å²) in [6, 6.07) is 49.8. The van der Waals surface area contributed by atoms with Gasteiger partial charge in [0.1, 0.15) is 17.3 Å². The summed E-state index contributed by atoms with van der Waals surface area (Å²) in [5, 5.41) is 1.87. The quantitative estimate of drug-likeness (QED) is 0.118. The van der Waals surface area contributed by atoms with Crippen molar-refractivity contribution in [3.8, 4) is 95.5 Å². The SMILES string of the molecule is [2H]c1c([2H])c2c(c([2H])c1-c1cc3c4c(c1)n(-c1cccc(Oc5ccc6c7ccccc7n(-c7cc(C(C)(C)C)ccn7)c6c5)c1)[c-][n+]4-c1c(-c4cc(C(C)(C)C)cc(C(C)(C)C)c4)cc(-c4c(C([2H])([2H])[2H])cccc4C([2H])([2H])[2H])cc1-c1cc4c(cc1-c1ccccc1-3)C(C)(C)CCC4(C)C)C(C([2H])([2H])[2H])(C([2H])([2H])[2H])C([2H])([2H])C([2H])([2H])C2(C([2H])([2H])[2H])C([2H])([2H])[2H]. The van der Waals surface area contributed by atoms with Gasteiger partial charge in [-0.1, -0.05) is 233 Å². The molecule has 0 spiro atoms. The normalized spacial score (nSPS) is 21.2. The van der Waals surface area contributed by atoms with Crippen molar-refractivity contribution in [2.24, 2.45) is 0 Å². The van der Waals surface area contributed by atoms with Gasteiger partial charge in [-0.25, -0.2) is 4.98 Å². The van der Waals surface area contributed by atoms with Gasteiger partial charge in [0.25, 0.3) is 6.33 Å². The first-order valence-electron chi connectivity index (χ1n) is 47.2. The van der Waals surface area contributed by atoms with Crippen LogP contribution in [-0.2, 0) is 37.9 Å². The Hall–Kier alpha value is -9.58. The summed E-state index contributed by atoms with van der Waals surface area (Å²) in [4.78, 5) is 4.92. The van der Waals surface area contributed by atoms with E-state index in [1.165, 1.54) is 30.3 Å². The molecular weight excluding hydrogens is 1230 g/mol. The predicted octanol–water partition coefficient (Wildman–Crippen LogP) is 25.5. The van der Waals surface area contributed by atoms with Gasteiger partial charge in [0.15, 0.2) is 0 Å². The van der Waals surface area contributed by atoms with Gasteiger partial charge in [0, 0.05) is 53.2 Å². The van der Waals surface area contributed by atoms with Crippen LogP contribution in [0.15, 0.2) is 200 Å². The van der Waals surface area contributed by atoms with Gasteiger partial charge < -0.3 is 4.74 Å². The van der Waals surface area contributed by atoms with Crippen molar-refractivity contribution in [2.75, 3.05) is 0 Å². The van der Waals surface area contributed by atoms with E-state index in [0.717, 1.165) is 62.5 Å². The summed E-state index contributed by atoms with van der Waals surface area (Å²) in [7, 11) is 0. The second-order valence-corrected chi connectivity index (χ2v) is 32.4. The Morgan fingerprint density at radius 2 is 1.08 bits per heavy atom. The van der Waals surface area contributed by atoms with Gasteiger partial charge in [-0.05, 0) is 267 Å². The van der Waals surface area contributed by atoms with E-state index in [1.54, 1.807) is 41.1 Å². The van der Waals surface area contributed by atoms with E-state index >= 15 is 0 Å². The molecule has 5 heteroatoms. The minimum atomic E-state index is -4.62. The molecule has 101 heavy (non-hydrogen) atoms. The zero-order chi connectivity index (χ0) is 92.2. The molecule has 13 aromatic rings. The number of para-hydroxylation sites is 1. The van der Waals surface area contributed by atoms with Gasteiger partial charge in [-0.15, -0.1) is 0 Å². The number of hydrogen-bond acceptors (Lipinski definition) is 2. The van der Waals surface area contributed by atoms with E-state index < -0.39 is 121 Å². The fourth-order valence-corrected chi connectivity index (χ4v) is 15.4. The van der Waals surface area contributed by atoms with Crippen LogP contribution in [0, 0.1) is 20.0 Å². The maximum absolute atomic E-state index is 10.8. The van der Waals surface area contributed by atoms with Crippen molar-refractivity contribution in [3.63, 3.8) is 0 Å². The Morgan fingerprint density at radius 3 is 1.75 bits per heavy atom. The highest BCUT2D eigenvalue weighted by atomic mass is 16.5. The van der Waals surface area contributed by atoms with E-state index in [2.05, 4.69) is 137 Å². The van der Waals surface area contributed by atoms with Crippen LogP contribution in [0.4, 0.5) is 0 Å². The number of aryl methyl sites for hydroxylation is 2. The average molecular weight is 1350 g/mol. The summed E-state index contributed by atoms with van der Waals surface area (Å²) in [6.45, 7) is 4.53. The van der Waals surface area contributed by atoms with E-state index in [1.807, 2.05) is 83.4 Å². The van der Waals surface area contributed by atoms with Crippen LogP contribution >= 0.6 is 0 Å². The van der Waals surface area contributed by atoms with Crippen LogP contribution < -0.4 is 9.30 Å². The third-order valence-electron chi connectivity index (χ3n) is 21.3. The average Bonchev–Trinajstić information content (AvgIpc) is 1.08. The lowest BCUT2D eigenvalue weighted by Gasteiger charge is -2.42. The fourth-order valence-electron chi connectivity index (χ4n) is 15.4. The van der Waals surface area contributed by atoms with Crippen molar-refractivity contribution >= 4 is 32.8 Å². The van der Waals surface area contributed by atoms with E-state index in [9.17, 15) is 26.0 Å². The highest BCUT2D eigenvalue weighted by Crippen LogP contribution is 2.55. The molecule has 10 aromatic carbocycles. The first kappa shape index (κ1) is 43.3. The number of fused-ring (bicyclic) bond motifs is 12. The summed E-state index contributed by atoms with van der Waals surface area (Å²) < 4.78 is 250. The molecule has 16 rings (SSSR count). The second-order valence-electron chi connectivity index (χ2n) is 32.4. The molecule has 4 heterocycles. The molecular formula is C96H98N4O. The predicted molar refractivity (Wildman–Crippen MR) is 425 cm³/mol. The third-order valence-corrected chi connectivity index (χ3v) is 21.3. The van der Waals surface area contributed by atoms with Crippen LogP contribution in [0.2, 0.25) is 0 Å². The van der Waals surface area contributed by atoms with Gasteiger partial charge in [0.05, 0.1) is 37.6 Å². The molecule has 5 nitrogen and oxygen atoms in total. The van der Waals surface area contributed by atoms with Gasteiger partial charge in [0.2, 0.25) is 0 Å². The Kier molecular flexibility index (Phi) is 9.84. The number of aromatic nitrogens is 4. The minimum Gasteiger partial charge on any atom is -0.458 e. The van der Waals surface area contributed by atoms with E-state index in [-0.39, 0.29) is 55.6 Å². The number of pyridine rings is 1. The lowest BCUT2D eigenvalue weighted by molar-refractivity contribution is -0.570. The number of benzene rings is 10. The van der Waals surface area contributed by atoms with Gasteiger partial charge in [-0.3, -0.25) is 13.7 Å². The first-order chi connectivity index (χ1) is 58.0. The Balaban J connectivity index is 1.12. The molecule has 3 aliphatic rings. The van der Waals surface area contributed by atoms with Crippen molar-refractivity contribution in [3.05, 3.63) is 257 Å². The van der Waals surface area contributed by atoms with Crippen molar-refractivity contribution in [1.82, 2.24) is 14.1 Å². The minimum absolute atomic E-state index is 0.0483. The second kappa shape index (κ2) is 23.0. The number of ether oxygens (including phenoxy) is 1. The van der Waals surface area contributed by atoms with Crippen LogP contribution in [-0.4, -0.2) is 14.1 Å². The lowest BCUT2D eigenvalue weighted by atomic mass is 9.62. The molecule has 0 radical (unpaired) electrons. The van der Waals surface area contributed by atoms with E-state index in [0.29, 0.717) is 61.9 Å². The van der Waals surface area contributed by atoms with Crippen LogP contribution in [0.3, 0.4) is 0 Å². The topological polar surface area (TPSA) is 35.9 Å². The molecule has 1 aliphatic heterocycles. The van der Waals surface area contributed by atoms with Crippen molar-refractivity contribution in [2.45, 2.75) is 195 Å². The molecule has 0 saturated heterocycles. The monoisotopic (exact) mass is 1350 g/mol. The molecule has 0 bridgehead atoms. The highest BCUT2D eigenvalue weighted by Gasteiger charge is 2.41. The molecule has 0 fully saturated rings. The maximum Gasteiger partial charge on any atom is 0.269 e. The molecule has 0 unspecified atom stereocenters. The highest BCUT2D eigenvalue weighted by molar-refractivity contribution is 6.10. The zero-order valence-corrected chi connectivity index (χ0v) is 59.4. The summed E-state index contributed by atoms with van der Waals surface area (Å²) >= 11 is 0. The van der Waals surface area contributed by atoms with Gasteiger partial charge >= 0.3 is 0 Å². The largest absolute Gasteiger partial charge is 0.458 e. The molecule has 3 aromatic heterocycles. The smallest absolute Gasteiger partial charge is 0.269 e. The standard InChI is InChI=1S/C96H98N4O/c1-58-26-24-27-59(2)87(58)63-47-74(62-44-65(91(6,7)8)51-66(45-62)92(9,10)11)88-78(48-63)76-56-82-81(95(16,17)41-42-96(82,18)19)55-75(76)70-30-20-21-31-71(70)77-46-61(60-34-37-79-80(49-60)94(14,15)40-39-93(79,12)13)50-85-89(77)99(88)57-98(85)67-28-25-29-68(53-67)101-69-35-36-73-72-32-22-23-33-83(72)100(84(73)54-69)86-52-64(38-43-97-86)90(3,4)5/h20-38,43-56H,39-42H2,1-19H3/i1D3,2D3,12D3,13D3,14D3,15D3,34D,37D,39D2,40D2,49D. The number of imidazole rings is 1. The Morgan fingerprint density at radius 1 is 0.475 bits per heavy atom. The molecule has 508 valence electrons. The molecule has 0 saturated carbocycles. The Bertz CT molecular complexity index is 6620. The summed E-state index contributed by atoms with van der Waals surface area (Å²) in [5.41, 5.74) is -4.23. The van der Waals surface area contributed by atoms with Gasteiger partial charge in [-0.2, -0.15) is 0 Å². The Labute approximate surface area is 635 Å². The number of hydrogen-bond donors (Lipinski definition) is 0. The van der Waals surface area contributed by atoms with Crippen LogP contribution in [0.25, 0.3) is 117 Å². The summed E-state index contributed by atoms with van der Waals surface area (Å²) in [6.07, 6.45) is -2.08. The van der Waals surface area contributed by atoms with Crippen molar-refractivity contribution in [1.29, 1.82) is 0 Å². The van der Waals surface area contributed by atoms with Crippen molar-refractivity contribution < 1.29 is 43.6 Å².